The summed E-state index contributed by atoms with van der Waals surface area (Å²) in [5.41, 5.74) is -5.38. The number of carbonyl (C=O) groups is 2. The highest BCUT2D eigenvalue weighted by atomic mass is 32.2. The van der Waals surface area contributed by atoms with E-state index in [2.05, 4.69) is 4.18 Å². The fraction of sp³-hybridized carbons (Fsp3) is 0.300. The second-order valence-corrected chi connectivity index (χ2v) is 7.59. The van der Waals surface area contributed by atoms with E-state index in [4.69, 9.17) is 9.47 Å². The zero-order valence-electron chi connectivity index (χ0n) is 16.6. The summed E-state index contributed by atoms with van der Waals surface area (Å²) < 4.78 is 75.9. The van der Waals surface area contributed by atoms with Gasteiger partial charge in [-0.05, 0) is 43.2 Å². The summed E-state index contributed by atoms with van der Waals surface area (Å²) >= 11 is 0. The molecule has 168 valence electrons. The van der Waals surface area contributed by atoms with Crippen molar-refractivity contribution >= 4 is 22.1 Å². The van der Waals surface area contributed by atoms with E-state index in [1.165, 1.54) is 36.4 Å². The Labute approximate surface area is 176 Å². The van der Waals surface area contributed by atoms with Crippen molar-refractivity contribution in [2.45, 2.75) is 25.8 Å². The SMILES string of the molecule is CCOC(=O)Cc1cccc(OS(=O)(=O)C(F)(F)F)c1-c1cccc(C(=O)OCC)c1. The van der Waals surface area contributed by atoms with Crippen molar-refractivity contribution in [1.29, 1.82) is 0 Å². The van der Waals surface area contributed by atoms with Crippen LogP contribution in [0.4, 0.5) is 13.2 Å². The molecular formula is C20H19F3O7S. The molecule has 0 bridgehead atoms. The van der Waals surface area contributed by atoms with Crippen molar-refractivity contribution < 1.29 is 44.8 Å². The van der Waals surface area contributed by atoms with Crippen LogP contribution in [-0.4, -0.2) is 39.1 Å². The standard InChI is InChI=1S/C20H19F3O7S/c1-3-28-17(24)12-14-8-6-10-16(30-31(26,27)20(21,22)23)18(14)13-7-5-9-15(11-13)19(25)29-4-2/h5-11H,3-4,12H2,1-2H3. The third-order valence-corrected chi connectivity index (χ3v) is 4.86. The lowest BCUT2D eigenvalue weighted by Gasteiger charge is -2.17. The summed E-state index contributed by atoms with van der Waals surface area (Å²) in [5, 5.41) is 0. The van der Waals surface area contributed by atoms with E-state index in [-0.39, 0.29) is 41.9 Å². The minimum atomic E-state index is -5.98. The zero-order valence-corrected chi connectivity index (χ0v) is 17.4. The third kappa shape index (κ3) is 5.97. The number of hydrogen-bond donors (Lipinski definition) is 0. The van der Waals surface area contributed by atoms with Crippen LogP contribution >= 0.6 is 0 Å². The molecule has 0 aliphatic heterocycles. The molecule has 0 aliphatic carbocycles. The van der Waals surface area contributed by atoms with E-state index < -0.39 is 33.3 Å². The fourth-order valence-electron chi connectivity index (χ4n) is 2.67. The second-order valence-electron chi connectivity index (χ2n) is 6.06. The number of carbonyl (C=O) groups excluding carboxylic acids is 2. The summed E-state index contributed by atoms with van der Waals surface area (Å²) in [4.78, 5) is 24.0. The lowest BCUT2D eigenvalue weighted by Crippen LogP contribution is -2.28. The van der Waals surface area contributed by atoms with Gasteiger partial charge in [-0.1, -0.05) is 24.3 Å². The van der Waals surface area contributed by atoms with Crippen LogP contribution in [0.15, 0.2) is 42.5 Å². The Morgan fingerprint density at radius 1 is 0.968 bits per heavy atom. The van der Waals surface area contributed by atoms with Crippen LogP contribution in [-0.2, 0) is 30.8 Å². The van der Waals surface area contributed by atoms with Gasteiger partial charge in [0.25, 0.3) is 0 Å². The lowest BCUT2D eigenvalue weighted by atomic mass is 9.95. The predicted molar refractivity (Wildman–Crippen MR) is 104 cm³/mol. The largest absolute Gasteiger partial charge is 0.534 e. The second kappa shape index (κ2) is 9.82. The molecule has 11 heteroatoms. The molecular weight excluding hydrogens is 441 g/mol. The van der Waals surface area contributed by atoms with E-state index in [9.17, 15) is 31.2 Å². The quantitative estimate of drug-likeness (QED) is 0.335. The topological polar surface area (TPSA) is 96.0 Å². The fourth-order valence-corrected chi connectivity index (χ4v) is 3.14. The number of ether oxygens (including phenoxy) is 2. The molecule has 2 aromatic rings. The maximum Gasteiger partial charge on any atom is 0.534 e. The van der Waals surface area contributed by atoms with E-state index >= 15 is 0 Å². The molecule has 0 N–H and O–H groups in total. The van der Waals surface area contributed by atoms with Crippen LogP contribution in [0.3, 0.4) is 0 Å². The molecule has 0 atom stereocenters. The first-order chi connectivity index (χ1) is 14.5. The van der Waals surface area contributed by atoms with Crippen molar-refractivity contribution in [2.24, 2.45) is 0 Å². The Bertz CT molecular complexity index is 1060. The van der Waals surface area contributed by atoms with Crippen LogP contribution in [0.1, 0.15) is 29.8 Å². The normalized spacial score (nSPS) is 11.6. The van der Waals surface area contributed by atoms with Crippen molar-refractivity contribution in [3.05, 3.63) is 53.6 Å². The molecule has 2 aromatic carbocycles. The molecule has 7 nitrogen and oxygen atoms in total. The molecule has 0 aromatic heterocycles. The van der Waals surface area contributed by atoms with Crippen LogP contribution in [0.5, 0.6) is 5.75 Å². The summed E-state index contributed by atoms with van der Waals surface area (Å²) in [6.07, 6.45) is -0.365. The van der Waals surface area contributed by atoms with Gasteiger partial charge in [0.05, 0.1) is 25.2 Å². The summed E-state index contributed by atoms with van der Waals surface area (Å²) in [6, 6.07) is 9.26. The van der Waals surface area contributed by atoms with Gasteiger partial charge >= 0.3 is 27.6 Å². The molecule has 0 saturated carbocycles. The molecule has 0 spiro atoms. The van der Waals surface area contributed by atoms with Gasteiger partial charge in [0, 0.05) is 5.56 Å². The Morgan fingerprint density at radius 2 is 1.61 bits per heavy atom. The van der Waals surface area contributed by atoms with Crippen LogP contribution in [0.25, 0.3) is 11.1 Å². The molecule has 31 heavy (non-hydrogen) atoms. The van der Waals surface area contributed by atoms with E-state index in [1.807, 2.05) is 0 Å². The van der Waals surface area contributed by atoms with E-state index in [0.717, 1.165) is 6.07 Å². The van der Waals surface area contributed by atoms with Gasteiger partial charge in [0.15, 0.2) is 5.75 Å². The molecule has 0 amide bonds. The first-order valence-electron chi connectivity index (χ1n) is 9.06. The highest BCUT2D eigenvalue weighted by Gasteiger charge is 2.49. The summed E-state index contributed by atoms with van der Waals surface area (Å²) in [7, 11) is -5.98. The molecule has 0 heterocycles. The smallest absolute Gasteiger partial charge is 0.466 e. The summed E-state index contributed by atoms with van der Waals surface area (Å²) in [5.74, 6) is -2.01. The van der Waals surface area contributed by atoms with Gasteiger partial charge in [-0.15, -0.1) is 0 Å². The van der Waals surface area contributed by atoms with Gasteiger partial charge in [-0.25, -0.2) is 4.79 Å². The van der Waals surface area contributed by atoms with E-state index in [0.29, 0.717) is 0 Å². The highest BCUT2D eigenvalue weighted by Crippen LogP contribution is 2.37. The van der Waals surface area contributed by atoms with Crippen LogP contribution < -0.4 is 4.18 Å². The first-order valence-corrected chi connectivity index (χ1v) is 10.5. The maximum absolute atomic E-state index is 12.9. The highest BCUT2D eigenvalue weighted by molar-refractivity contribution is 7.88. The minimum absolute atomic E-state index is 0.0746. The molecule has 0 fully saturated rings. The van der Waals surface area contributed by atoms with Crippen molar-refractivity contribution in [3.8, 4) is 16.9 Å². The zero-order chi connectivity index (χ0) is 23.2. The average molecular weight is 460 g/mol. The molecule has 2 rings (SSSR count). The van der Waals surface area contributed by atoms with Gasteiger partial charge < -0.3 is 13.7 Å². The van der Waals surface area contributed by atoms with Crippen LogP contribution in [0.2, 0.25) is 0 Å². The number of rotatable bonds is 8. The Morgan fingerprint density at radius 3 is 2.23 bits per heavy atom. The first kappa shape index (κ1) is 24.2. The van der Waals surface area contributed by atoms with Gasteiger partial charge in [0.2, 0.25) is 0 Å². The number of alkyl halides is 3. The number of benzene rings is 2. The maximum atomic E-state index is 12.9. The number of hydrogen-bond acceptors (Lipinski definition) is 7. The molecule has 0 saturated heterocycles. The van der Waals surface area contributed by atoms with Gasteiger partial charge in [0.1, 0.15) is 0 Å². The monoisotopic (exact) mass is 460 g/mol. The molecule has 0 radical (unpaired) electrons. The number of esters is 2. The minimum Gasteiger partial charge on any atom is -0.466 e. The van der Waals surface area contributed by atoms with E-state index in [1.54, 1.807) is 13.8 Å². The van der Waals surface area contributed by atoms with Crippen LogP contribution in [0, 0.1) is 0 Å². The molecule has 0 aliphatic rings. The van der Waals surface area contributed by atoms with Gasteiger partial charge in [-0.2, -0.15) is 21.6 Å². The van der Waals surface area contributed by atoms with Crippen molar-refractivity contribution in [1.82, 2.24) is 0 Å². The predicted octanol–water partition coefficient (Wildman–Crippen LogP) is 3.86. The van der Waals surface area contributed by atoms with Crippen molar-refractivity contribution in [3.63, 3.8) is 0 Å². The summed E-state index contributed by atoms with van der Waals surface area (Å²) in [6.45, 7) is 3.35. The Hall–Kier alpha value is -3.08. The van der Waals surface area contributed by atoms with Crippen molar-refractivity contribution in [2.75, 3.05) is 13.2 Å². The third-order valence-electron chi connectivity index (χ3n) is 3.90. The lowest BCUT2D eigenvalue weighted by molar-refractivity contribution is -0.142. The average Bonchev–Trinajstić information content (AvgIpc) is 2.67. The Balaban J connectivity index is 2.65. The Kier molecular flexibility index (Phi) is 7.66. The number of halogens is 3. The van der Waals surface area contributed by atoms with Gasteiger partial charge in [-0.3, -0.25) is 4.79 Å². The molecule has 0 unspecified atom stereocenters.